The minimum absolute atomic E-state index is 0.307. The lowest BCUT2D eigenvalue weighted by Crippen LogP contribution is -2.41. The first kappa shape index (κ1) is 13.5. The third-order valence-electron chi connectivity index (χ3n) is 3.64. The Hall–Kier alpha value is -0.940. The number of aromatic nitrogens is 3. The molecule has 1 aliphatic carbocycles. The van der Waals surface area contributed by atoms with Crippen LogP contribution in [-0.4, -0.2) is 34.0 Å². The van der Waals surface area contributed by atoms with E-state index in [0.717, 1.165) is 12.2 Å². The van der Waals surface area contributed by atoms with E-state index in [-0.39, 0.29) is 0 Å². The molecule has 1 N–H and O–H groups in total. The molecule has 2 rings (SSSR count). The molecule has 5 heteroatoms. The van der Waals surface area contributed by atoms with Crippen LogP contribution >= 0.6 is 0 Å². The zero-order valence-electron chi connectivity index (χ0n) is 11.6. The van der Waals surface area contributed by atoms with Gasteiger partial charge in [0.25, 0.3) is 0 Å². The van der Waals surface area contributed by atoms with Crippen LogP contribution < -0.4 is 5.32 Å². The normalized spacial score (nSPS) is 24.7. The summed E-state index contributed by atoms with van der Waals surface area (Å²) in [4.78, 5) is 4.28. The molecule has 0 bridgehead atoms. The van der Waals surface area contributed by atoms with Gasteiger partial charge in [-0.25, -0.2) is 9.67 Å². The van der Waals surface area contributed by atoms with Gasteiger partial charge in [0.2, 0.25) is 0 Å². The van der Waals surface area contributed by atoms with E-state index in [1.807, 2.05) is 11.7 Å². The highest BCUT2D eigenvalue weighted by Crippen LogP contribution is 2.22. The van der Waals surface area contributed by atoms with Crippen LogP contribution in [0.2, 0.25) is 0 Å². The second kappa shape index (κ2) is 6.29. The van der Waals surface area contributed by atoms with Gasteiger partial charge < -0.3 is 10.1 Å². The summed E-state index contributed by atoms with van der Waals surface area (Å²) in [5.74, 6) is 0.922. The molecule has 1 aromatic heterocycles. The van der Waals surface area contributed by atoms with E-state index in [0.29, 0.717) is 24.8 Å². The Bertz CT molecular complexity index is 364. The summed E-state index contributed by atoms with van der Waals surface area (Å²) in [6.07, 6.45) is 6.82. The molecule has 0 amide bonds. The maximum atomic E-state index is 6.04. The third-order valence-corrected chi connectivity index (χ3v) is 3.64. The first-order chi connectivity index (χ1) is 8.72. The Balaban J connectivity index is 1.91. The standard InChI is InChI=1S/C13H24N4O/c1-10(2)17-13(15-9-16-17)8-18-12-7-5-4-6-11(12)14-3/h9-12,14H,4-8H2,1-3H3. The minimum atomic E-state index is 0.307. The van der Waals surface area contributed by atoms with Crippen LogP contribution in [-0.2, 0) is 11.3 Å². The van der Waals surface area contributed by atoms with E-state index in [4.69, 9.17) is 4.74 Å². The first-order valence-electron chi connectivity index (χ1n) is 6.89. The summed E-state index contributed by atoms with van der Waals surface area (Å²) in [7, 11) is 2.02. The van der Waals surface area contributed by atoms with Gasteiger partial charge in [0.15, 0.2) is 5.82 Å². The molecule has 0 spiro atoms. The van der Waals surface area contributed by atoms with Gasteiger partial charge in [-0.1, -0.05) is 12.8 Å². The average molecular weight is 252 g/mol. The van der Waals surface area contributed by atoms with Crippen molar-refractivity contribution >= 4 is 0 Å². The molecule has 0 aliphatic heterocycles. The Morgan fingerprint density at radius 1 is 1.44 bits per heavy atom. The molecule has 5 nitrogen and oxygen atoms in total. The molecule has 1 fully saturated rings. The smallest absolute Gasteiger partial charge is 0.153 e. The van der Waals surface area contributed by atoms with Crippen LogP contribution in [0.3, 0.4) is 0 Å². The van der Waals surface area contributed by atoms with E-state index in [2.05, 4.69) is 29.2 Å². The quantitative estimate of drug-likeness (QED) is 0.869. The van der Waals surface area contributed by atoms with Crippen LogP contribution in [0.25, 0.3) is 0 Å². The van der Waals surface area contributed by atoms with Crippen molar-refractivity contribution in [2.75, 3.05) is 7.05 Å². The van der Waals surface area contributed by atoms with Crippen molar-refractivity contribution in [3.63, 3.8) is 0 Å². The van der Waals surface area contributed by atoms with Crippen LogP contribution in [0, 0.1) is 0 Å². The highest BCUT2D eigenvalue weighted by molar-refractivity contribution is 4.86. The number of rotatable bonds is 5. The number of ether oxygens (including phenoxy) is 1. The molecular weight excluding hydrogens is 228 g/mol. The predicted molar refractivity (Wildman–Crippen MR) is 70.3 cm³/mol. The molecule has 18 heavy (non-hydrogen) atoms. The molecular formula is C13H24N4O. The summed E-state index contributed by atoms with van der Waals surface area (Å²) >= 11 is 0. The lowest BCUT2D eigenvalue weighted by atomic mass is 9.92. The monoisotopic (exact) mass is 252 g/mol. The molecule has 2 unspecified atom stereocenters. The molecule has 2 atom stereocenters. The van der Waals surface area contributed by atoms with Crippen molar-refractivity contribution in [3.05, 3.63) is 12.2 Å². The van der Waals surface area contributed by atoms with Gasteiger partial charge in [-0.15, -0.1) is 0 Å². The molecule has 1 saturated carbocycles. The Kier molecular flexibility index (Phi) is 4.72. The molecule has 0 aromatic carbocycles. The van der Waals surface area contributed by atoms with Gasteiger partial charge in [0, 0.05) is 12.1 Å². The van der Waals surface area contributed by atoms with Crippen LogP contribution in [0.1, 0.15) is 51.4 Å². The fourth-order valence-electron chi connectivity index (χ4n) is 2.62. The molecule has 0 saturated heterocycles. The first-order valence-corrected chi connectivity index (χ1v) is 6.89. The topological polar surface area (TPSA) is 52.0 Å². The molecule has 102 valence electrons. The van der Waals surface area contributed by atoms with E-state index >= 15 is 0 Å². The van der Waals surface area contributed by atoms with E-state index in [9.17, 15) is 0 Å². The van der Waals surface area contributed by atoms with E-state index in [1.54, 1.807) is 6.33 Å². The van der Waals surface area contributed by atoms with Crippen LogP contribution in [0.5, 0.6) is 0 Å². The lowest BCUT2D eigenvalue weighted by Gasteiger charge is -2.31. The molecule has 1 aromatic rings. The van der Waals surface area contributed by atoms with Gasteiger partial charge in [-0.05, 0) is 33.7 Å². The summed E-state index contributed by atoms with van der Waals surface area (Å²) in [5.41, 5.74) is 0. The Labute approximate surface area is 109 Å². The largest absolute Gasteiger partial charge is 0.369 e. The predicted octanol–water partition coefficient (Wildman–Crippen LogP) is 1.91. The molecule has 1 heterocycles. The molecule has 0 radical (unpaired) electrons. The number of nitrogens with zero attached hydrogens (tertiary/aromatic N) is 3. The zero-order chi connectivity index (χ0) is 13.0. The summed E-state index contributed by atoms with van der Waals surface area (Å²) in [5, 5.41) is 7.58. The summed E-state index contributed by atoms with van der Waals surface area (Å²) in [6.45, 7) is 4.77. The maximum Gasteiger partial charge on any atom is 0.153 e. The maximum absolute atomic E-state index is 6.04. The third kappa shape index (κ3) is 3.09. The van der Waals surface area contributed by atoms with Gasteiger partial charge in [0.1, 0.15) is 12.9 Å². The van der Waals surface area contributed by atoms with Crippen molar-refractivity contribution < 1.29 is 4.74 Å². The Morgan fingerprint density at radius 2 is 2.22 bits per heavy atom. The second-order valence-corrected chi connectivity index (χ2v) is 5.24. The SMILES string of the molecule is CNC1CCCCC1OCc1ncnn1C(C)C. The van der Waals surface area contributed by atoms with Crippen molar-refractivity contribution in [1.82, 2.24) is 20.1 Å². The fraction of sp³-hybridized carbons (Fsp3) is 0.846. The van der Waals surface area contributed by atoms with Crippen LogP contribution in [0.4, 0.5) is 0 Å². The Morgan fingerprint density at radius 3 is 2.94 bits per heavy atom. The summed E-state index contributed by atoms with van der Waals surface area (Å²) in [6, 6.07) is 0.812. The highest BCUT2D eigenvalue weighted by atomic mass is 16.5. The average Bonchev–Trinajstić information content (AvgIpc) is 2.85. The van der Waals surface area contributed by atoms with Gasteiger partial charge in [-0.2, -0.15) is 5.10 Å². The minimum Gasteiger partial charge on any atom is -0.369 e. The van der Waals surface area contributed by atoms with Crippen molar-refractivity contribution in [2.24, 2.45) is 0 Å². The van der Waals surface area contributed by atoms with E-state index < -0.39 is 0 Å². The van der Waals surface area contributed by atoms with E-state index in [1.165, 1.54) is 19.3 Å². The summed E-state index contributed by atoms with van der Waals surface area (Å²) < 4.78 is 7.96. The number of hydrogen-bond donors (Lipinski definition) is 1. The zero-order valence-corrected chi connectivity index (χ0v) is 11.6. The van der Waals surface area contributed by atoms with Gasteiger partial charge in [-0.3, -0.25) is 0 Å². The van der Waals surface area contributed by atoms with Gasteiger partial charge >= 0.3 is 0 Å². The highest BCUT2D eigenvalue weighted by Gasteiger charge is 2.24. The van der Waals surface area contributed by atoms with Crippen molar-refractivity contribution in [3.8, 4) is 0 Å². The lowest BCUT2D eigenvalue weighted by molar-refractivity contribution is -0.00828. The molecule has 1 aliphatic rings. The number of nitrogens with one attached hydrogen (secondary N) is 1. The number of likely N-dealkylation sites (N-methyl/N-ethyl adjacent to an activating group) is 1. The van der Waals surface area contributed by atoms with Crippen molar-refractivity contribution in [2.45, 2.75) is 64.3 Å². The number of hydrogen-bond acceptors (Lipinski definition) is 4. The fourth-order valence-corrected chi connectivity index (χ4v) is 2.62. The van der Waals surface area contributed by atoms with Gasteiger partial charge in [0.05, 0.1) is 6.10 Å². The van der Waals surface area contributed by atoms with Crippen molar-refractivity contribution in [1.29, 1.82) is 0 Å². The second-order valence-electron chi connectivity index (χ2n) is 5.24. The van der Waals surface area contributed by atoms with Crippen LogP contribution in [0.15, 0.2) is 6.33 Å².